The van der Waals surface area contributed by atoms with Crippen molar-refractivity contribution in [2.24, 2.45) is 11.8 Å². The minimum atomic E-state index is 0.355. The van der Waals surface area contributed by atoms with Crippen molar-refractivity contribution in [3.05, 3.63) is 17.0 Å². The summed E-state index contributed by atoms with van der Waals surface area (Å²) in [7, 11) is 0. The Hall–Kier alpha value is -0.540. The Morgan fingerprint density at radius 2 is 1.94 bits per heavy atom. The molecule has 1 fully saturated rings. The van der Waals surface area contributed by atoms with Crippen LogP contribution >= 0.6 is 23.2 Å². The number of aromatic nitrogens is 2. The molecule has 2 rings (SSSR count). The second kappa shape index (κ2) is 5.40. The average molecular weight is 274 g/mol. The molecule has 1 aliphatic rings. The van der Waals surface area contributed by atoms with Crippen molar-refractivity contribution in [3.63, 3.8) is 0 Å². The van der Waals surface area contributed by atoms with Gasteiger partial charge in [0.15, 0.2) is 0 Å². The van der Waals surface area contributed by atoms with E-state index in [-0.39, 0.29) is 0 Å². The maximum absolute atomic E-state index is 6.06. The molecule has 0 radical (unpaired) electrons. The van der Waals surface area contributed by atoms with Crippen LogP contribution in [-0.2, 0) is 5.88 Å². The number of halogens is 2. The van der Waals surface area contributed by atoms with Crippen LogP contribution in [0.25, 0.3) is 0 Å². The van der Waals surface area contributed by atoms with Crippen LogP contribution in [0.15, 0.2) is 6.33 Å². The highest BCUT2D eigenvalue weighted by molar-refractivity contribution is 6.31. The Labute approximate surface area is 112 Å². The van der Waals surface area contributed by atoms with Gasteiger partial charge >= 0.3 is 0 Å². The first-order valence-corrected chi connectivity index (χ1v) is 6.83. The summed E-state index contributed by atoms with van der Waals surface area (Å²) in [6, 6.07) is 0. The molecule has 94 valence electrons. The number of nitrogens with zero attached hydrogens (tertiary/aromatic N) is 3. The van der Waals surface area contributed by atoms with Crippen molar-refractivity contribution >= 4 is 29.0 Å². The normalized spacial score (nSPS) is 25.1. The van der Waals surface area contributed by atoms with Gasteiger partial charge < -0.3 is 4.90 Å². The molecule has 2 heterocycles. The molecule has 0 bridgehead atoms. The highest BCUT2D eigenvalue weighted by Gasteiger charge is 2.25. The van der Waals surface area contributed by atoms with E-state index in [1.54, 1.807) is 0 Å². The molecule has 0 amide bonds. The van der Waals surface area contributed by atoms with Crippen LogP contribution in [-0.4, -0.2) is 23.1 Å². The van der Waals surface area contributed by atoms with Crippen molar-refractivity contribution in [1.82, 2.24) is 9.97 Å². The van der Waals surface area contributed by atoms with Gasteiger partial charge in [0.2, 0.25) is 0 Å². The van der Waals surface area contributed by atoms with E-state index in [4.69, 9.17) is 23.2 Å². The molecule has 1 aromatic heterocycles. The molecule has 0 aliphatic carbocycles. The number of hydrogen-bond acceptors (Lipinski definition) is 3. The monoisotopic (exact) mass is 273 g/mol. The molecule has 0 N–H and O–H groups in total. The van der Waals surface area contributed by atoms with Crippen molar-refractivity contribution in [2.75, 3.05) is 18.0 Å². The van der Waals surface area contributed by atoms with Gasteiger partial charge in [0.1, 0.15) is 17.3 Å². The Balaban J connectivity index is 2.30. The lowest BCUT2D eigenvalue weighted by molar-refractivity contribution is 0.355. The third-order valence-corrected chi connectivity index (χ3v) is 3.77. The van der Waals surface area contributed by atoms with Gasteiger partial charge in [-0.3, -0.25) is 0 Å². The fourth-order valence-corrected chi connectivity index (χ4v) is 3.12. The van der Waals surface area contributed by atoms with Crippen LogP contribution in [0, 0.1) is 11.8 Å². The van der Waals surface area contributed by atoms with Crippen LogP contribution in [0.3, 0.4) is 0 Å². The highest BCUT2D eigenvalue weighted by Crippen LogP contribution is 2.30. The van der Waals surface area contributed by atoms with Crippen LogP contribution < -0.4 is 4.90 Å². The van der Waals surface area contributed by atoms with Crippen LogP contribution in [0.5, 0.6) is 0 Å². The molecular weight excluding hydrogens is 257 g/mol. The van der Waals surface area contributed by atoms with Crippen molar-refractivity contribution in [2.45, 2.75) is 26.1 Å². The molecule has 1 aliphatic heterocycles. The van der Waals surface area contributed by atoms with E-state index in [0.717, 1.165) is 24.5 Å². The highest BCUT2D eigenvalue weighted by atomic mass is 35.5. The Morgan fingerprint density at radius 3 is 2.53 bits per heavy atom. The summed E-state index contributed by atoms with van der Waals surface area (Å²) in [4.78, 5) is 10.6. The smallest absolute Gasteiger partial charge is 0.138 e. The summed E-state index contributed by atoms with van der Waals surface area (Å²) in [6.45, 7) is 6.57. The lowest BCUT2D eigenvalue weighted by atomic mass is 9.92. The molecule has 2 unspecified atom stereocenters. The van der Waals surface area contributed by atoms with Gasteiger partial charge in [-0.05, 0) is 18.3 Å². The number of hydrogen-bond donors (Lipinski definition) is 0. The molecule has 17 heavy (non-hydrogen) atoms. The van der Waals surface area contributed by atoms with E-state index >= 15 is 0 Å². The van der Waals surface area contributed by atoms with Crippen molar-refractivity contribution in [3.8, 4) is 0 Å². The Morgan fingerprint density at radius 1 is 1.29 bits per heavy atom. The minimum absolute atomic E-state index is 0.355. The number of piperidine rings is 1. The lowest BCUT2D eigenvalue weighted by Crippen LogP contribution is -2.39. The minimum Gasteiger partial charge on any atom is -0.356 e. The summed E-state index contributed by atoms with van der Waals surface area (Å²) in [5.74, 6) is 2.61. The standard InChI is InChI=1S/C12H17Cl2N3/c1-8-3-9(2)6-17(5-8)12-10(4-13)11(14)15-7-16-12/h7-9H,3-6H2,1-2H3. The topological polar surface area (TPSA) is 29.0 Å². The van der Waals surface area contributed by atoms with Gasteiger partial charge in [-0.2, -0.15) is 0 Å². The Bertz CT molecular complexity index is 387. The summed E-state index contributed by atoms with van der Waals surface area (Å²) in [5.41, 5.74) is 0.845. The van der Waals surface area contributed by atoms with Gasteiger partial charge in [0.25, 0.3) is 0 Å². The third-order valence-electron chi connectivity index (χ3n) is 3.17. The molecular formula is C12H17Cl2N3. The quantitative estimate of drug-likeness (QED) is 0.611. The summed E-state index contributed by atoms with van der Waals surface area (Å²) in [5, 5.41) is 0.468. The van der Waals surface area contributed by atoms with Gasteiger partial charge in [0.05, 0.1) is 5.88 Å². The molecule has 5 heteroatoms. The average Bonchev–Trinajstić information content (AvgIpc) is 2.27. The fraction of sp³-hybridized carbons (Fsp3) is 0.667. The molecule has 1 aromatic rings. The first kappa shape index (κ1) is 12.9. The summed E-state index contributed by atoms with van der Waals surface area (Å²) < 4.78 is 0. The van der Waals surface area contributed by atoms with Crippen LogP contribution in [0.2, 0.25) is 5.15 Å². The molecule has 3 nitrogen and oxygen atoms in total. The number of alkyl halides is 1. The van der Waals surface area contributed by atoms with E-state index in [9.17, 15) is 0 Å². The molecule has 0 aromatic carbocycles. The van der Waals surface area contributed by atoms with Gasteiger partial charge in [-0.25, -0.2) is 9.97 Å². The lowest BCUT2D eigenvalue weighted by Gasteiger charge is -2.36. The van der Waals surface area contributed by atoms with E-state index in [1.165, 1.54) is 12.7 Å². The van der Waals surface area contributed by atoms with Crippen LogP contribution in [0.1, 0.15) is 25.8 Å². The first-order valence-electron chi connectivity index (χ1n) is 5.92. The van der Waals surface area contributed by atoms with Gasteiger partial charge in [0, 0.05) is 18.7 Å². The maximum Gasteiger partial charge on any atom is 0.138 e. The zero-order valence-electron chi connectivity index (χ0n) is 10.2. The van der Waals surface area contributed by atoms with Crippen molar-refractivity contribution < 1.29 is 0 Å². The van der Waals surface area contributed by atoms with E-state index < -0.39 is 0 Å². The largest absolute Gasteiger partial charge is 0.356 e. The van der Waals surface area contributed by atoms with Gasteiger partial charge in [-0.15, -0.1) is 11.6 Å². The van der Waals surface area contributed by atoms with E-state index in [0.29, 0.717) is 22.9 Å². The molecule has 2 atom stereocenters. The molecule has 1 saturated heterocycles. The number of rotatable bonds is 2. The van der Waals surface area contributed by atoms with E-state index in [2.05, 4.69) is 28.7 Å². The number of anilines is 1. The first-order chi connectivity index (χ1) is 8.11. The predicted molar refractivity (Wildman–Crippen MR) is 71.8 cm³/mol. The molecule has 0 spiro atoms. The maximum atomic E-state index is 6.06. The molecule has 0 saturated carbocycles. The zero-order chi connectivity index (χ0) is 12.4. The Kier molecular flexibility index (Phi) is 4.10. The SMILES string of the molecule is CC1CC(C)CN(c2ncnc(Cl)c2CCl)C1. The van der Waals surface area contributed by atoms with Gasteiger partial charge in [-0.1, -0.05) is 25.4 Å². The van der Waals surface area contributed by atoms with Crippen molar-refractivity contribution in [1.29, 1.82) is 0 Å². The second-order valence-corrected chi connectivity index (χ2v) is 5.58. The third kappa shape index (κ3) is 2.83. The predicted octanol–water partition coefficient (Wildman–Crippen LogP) is 3.35. The second-order valence-electron chi connectivity index (χ2n) is 4.95. The fourth-order valence-electron chi connectivity index (χ4n) is 2.61. The zero-order valence-corrected chi connectivity index (χ0v) is 11.7. The van der Waals surface area contributed by atoms with Crippen LogP contribution in [0.4, 0.5) is 5.82 Å². The summed E-state index contributed by atoms with van der Waals surface area (Å²) >= 11 is 12.0. The summed E-state index contributed by atoms with van der Waals surface area (Å²) in [6.07, 6.45) is 2.78. The van der Waals surface area contributed by atoms with E-state index in [1.807, 2.05) is 0 Å².